The molecule has 3 nitrogen and oxygen atoms in total. The molecule has 0 aromatic heterocycles. The van der Waals surface area contributed by atoms with Gasteiger partial charge in [0.1, 0.15) is 5.70 Å². The van der Waals surface area contributed by atoms with E-state index in [0.717, 1.165) is 29.4 Å². The lowest BCUT2D eigenvalue weighted by atomic mass is 10.2. The van der Waals surface area contributed by atoms with Crippen LogP contribution in [0.2, 0.25) is 0 Å². The van der Waals surface area contributed by atoms with E-state index >= 15 is 0 Å². The third kappa shape index (κ3) is 5.92. The van der Waals surface area contributed by atoms with Crippen LogP contribution in [0.1, 0.15) is 32.3 Å². The molecule has 0 saturated heterocycles. The van der Waals surface area contributed by atoms with Crippen LogP contribution in [0.5, 0.6) is 0 Å². The first kappa shape index (κ1) is 15.8. The largest absolute Gasteiger partial charge is 0.461 e. The maximum atomic E-state index is 11.9. The molecule has 0 aliphatic carbocycles. The van der Waals surface area contributed by atoms with Gasteiger partial charge in [-0.25, -0.2) is 4.79 Å². The Morgan fingerprint density at radius 3 is 2.79 bits per heavy atom. The molecule has 0 unspecified atom stereocenters. The maximum Gasteiger partial charge on any atom is 0.354 e. The molecular weight excluding hydrogens is 306 g/mol. The van der Waals surface area contributed by atoms with Gasteiger partial charge in [-0.1, -0.05) is 41.9 Å². The molecule has 104 valence electrons. The highest BCUT2D eigenvalue weighted by molar-refractivity contribution is 9.10. The van der Waals surface area contributed by atoms with Gasteiger partial charge in [0.2, 0.25) is 0 Å². The zero-order valence-electron chi connectivity index (χ0n) is 11.4. The Labute approximate surface area is 123 Å². The summed E-state index contributed by atoms with van der Waals surface area (Å²) in [6.07, 6.45) is 3.60. The summed E-state index contributed by atoms with van der Waals surface area (Å²) in [5.74, 6) is -0.296. The van der Waals surface area contributed by atoms with Gasteiger partial charge < -0.3 is 10.1 Å². The van der Waals surface area contributed by atoms with Crippen molar-refractivity contribution in [1.29, 1.82) is 0 Å². The fourth-order valence-electron chi connectivity index (χ4n) is 1.48. The minimum absolute atomic E-state index is 0.296. The van der Waals surface area contributed by atoms with Gasteiger partial charge in [0.15, 0.2) is 0 Å². The molecule has 0 heterocycles. The van der Waals surface area contributed by atoms with Gasteiger partial charge >= 0.3 is 5.97 Å². The second-order valence-electron chi connectivity index (χ2n) is 4.18. The number of benzene rings is 1. The molecule has 0 spiro atoms. The average Bonchev–Trinajstić information content (AvgIpc) is 2.40. The van der Waals surface area contributed by atoms with Crippen LogP contribution in [0.3, 0.4) is 0 Å². The van der Waals surface area contributed by atoms with Crippen LogP contribution in [-0.4, -0.2) is 19.1 Å². The van der Waals surface area contributed by atoms with Crippen molar-refractivity contribution in [1.82, 2.24) is 5.32 Å². The molecule has 0 bridgehead atoms. The first-order valence-corrected chi connectivity index (χ1v) is 7.35. The van der Waals surface area contributed by atoms with Gasteiger partial charge in [0, 0.05) is 11.0 Å². The first-order valence-electron chi connectivity index (χ1n) is 6.55. The summed E-state index contributed by atoms with van der Waals surface area (Å²) in [4.78, 5) is 11.9. The lowest BCUT2D eigenvalue weighted by Crippen LogP contribution is -2.23. The molecule has 19 heavy (non-hydrogen) atoms. The molecule has 4 heteroatoms. The fraction of sp³-hybridized carbons (Fsp3) is 0.400. The van der Waals surface area contributed by atoms with Gasteiger partial charge in [0.05, 0.1) is 6.61 Å². The van der Waals surface area contributed by atoms with Crippen LogP contribution >= 0.6 is 15.9 Å². The lowest BCUT2D eigenvalue weighted by molar-refractivity contribution is -0.139. The molecule has 0 fully saturated rings. The fourth-order valence-corrected chi connectivity index (χ4v) is 1.89. The molecular formula is C15H20BrNO2. The Hall–Kier alpha value is -1.29. The number of hydrogen-bond donors (Lipinski definition) is 1. The second kappa shape index (κ2) is 8.75. The number of hydrogen-bond acceptors (Lipinski definition) is 3. The van der Waals surface area contributed by atoms with Crippen LogP contribution in [0.25, 0.3) is 6.08 Å². The smallest absolute Gasteiger partial charge is 0.354 e. The number of ether oxygens (including phenoxy) is 1. The summed E-state index contributed by atoms with van der Waals surface area (Å²) in [7, 11) is 0. The summed E-state index contributed by atoms with van der Waals surface area (Å²) in [6.45, 7) is 5.23. The molecule has 1 rings (SSSR count). The Bertz CT molecular complexity index is 444. The summed E-state index contributed by atoms with van der Waals surface area (Å²) in [5.41, 5.74) is 1.47. The van der Waals surface area contributed by atoms with E-state index in [0.29, 0.717) is 12.3 Å². The van der Waals surface area contributed by atoms with Gasteiger partial charge in [-0.3, -0.25) is 0 Å². The topological polar surface area (TPSA) is 38.3 Å². The van der Waals surface area contributed by atoms with Crippen molar-refractivity contribution in [3.8, 4) is 0 Å². The van der Waals surface area contributed by atoms with E-state index in [4.69, 9.17) is 4.74 Å². The lowest BCUT2D eigenvalue weighted by Gasteiger charge is -2.10. The Balaban J connectivity index is 2.85. The SMILES string of the molecule is CCCN/C(=C\c1cccc(Br)c1)C(=O)OCCC. The number of carbonyl (C=O) groups excluding carboxylic acids is 1. The molecule has 0 aliphatic heterocycles. The molecule has 1 N–H and O–H groups in total. The third-order valence-corrected chi connectivity index (χ3v) is 2.88. The second-order valence-corrected chi connectivity index (χ2v) is 5.09. The molecule has 0 amide bonds. The van der Waals surface area contributed by atoms with E-state index in [1.54, 1.807) is 0 Å². The zero-order valence-corrected chi connectivity index (χ0v) is 13.0. The third-order valence-electron chi connectivity index (χ3n) is 2.38. The van der Waals surface area contributed by atoms with Gasteiger partial charge in [-0.05, 0) is 36.6 Å². The summed E-state index contributed by atoms with van der Waals surface area (Å²) in [5, 5.41) is 3.12. The molecule has 0 saturated carbocycles. The van der Waals surface area contributed by atoms with E-state index in [-0.39, 0.29) is 5.97 Å². The number of halogens is 1. The van der Waals surface area contributed by atoms with Crippen LogP contribution in [0.15, 0.2) is 34.4 Å². The van der Waals surface area contributed by atoms with Crippen molar-refractivity contribution in [2.24, 2.45) is 0 Å². The summed E-state index contributed by atoms with van der Waals surface area (Å²) >= 11 is 3.42. The molecule has 0 radical (unpaired) electrons. The summed E-state index contributed by atoms with van der Waals surface area (Å²) in [6, 6.07) is 7.79. The van der Waals surface area contributed by atoms with Gasteiger partial charge in [0.25, 0.3) is 0 Å². The standard InChI is InChI=1S/C15H20BrNO2/c1-3-8-17-14(15(18)19-9-4-2)11-12-6-5-7-13(16)10-12/h5-7,10-11,17H,3-4,8-9H2,1-2H3/b14-11-. The van der Waals surface area contributed by atoms with E-state index in [1.807, 2.05) is 37.3 Å². The van der Waals surface area contributed by atoms with Crippen molar-refractivity contribution in [3.05, 3.63) is 40.0 Å². The Morgan fingerprint density at radius 2 is 2.16 bits per heavy atom. The van der Waals surface area contributed by atoms with Crippen molar-refractivity contribution in [3.63, 3.8) is 0 Å². The Morgan fingerprint density at radius 1 is 1.37 bits per heavy atom. The highest BCUT2D eigenvalue weighted by atomic mass is 79.9. The van der Waals surface area contributed by atoms with Crippen LogP contribution < -0.4 is 5.32 Å². The molecule has 0 aliphatic rings. The molecule has 0 atom stereocenters. The predicted octanol–water partition coefficient (Wildman–Crippen LogP) is 3.74. The van der Waals surface area contributed by atoms with Gasteiger partial charge in [-0.2, -0.15) is 0 Å². The molecule has 1 aromatic rings. The van der Waals surface area contributed by atoms with E-state index in [2.05, 4.69) is 28.2 Å². The van der Waals surface area contributed by atoms with Crippen molar-refractivity contribution >= 4 is 28.0 Å². The summed E-state index contributed by atoms with van der Waals surface area (Å²) < 4.78 is 6.16. The maximum absolute atomic E-state index is 11.9. The van der Waals surface area contributed by atoms with Crippen LogP contribution in [0.4, 0.5) is 0 Å². The van der Waals surface area contributed by atoms with Crippen molar-refractivity contribution in [2.45, 2.75) is 26.7 Å². The van der Waals surface area contributed by atoms with Crippen molar-refractivity contribution < 1.29 is 9.53 Å². The van der Waals surface area contributed by atoms with Crippen LogP contribution in [-0.2, 0) is 9.53 Å². The predicted molar refractivity (Wildman–Crippen MR) is 81.7 cm³/mol. The van der Waals surface area contributed by atoms with E-state index in [9.17, 15) is 4.79 Å². The number of rotatable bonds is 7. The first-order chi connectivity index (χ1) is 9.17. The van der Waals surface area contributed by atoms with Crippen LogP contribution in [0, 0.1) is 0 Å². The number of carbonyl (C=O) groups is 1. The number of esters is 1. The molecule has 1 aromatic carbocycles. The normalized spacial score (nSPS) is 11.2. The highest BCUT2D eigenvalue weighted by Crippen LogP contribution is 2.14. The minimum Gasteiger partial charge on any atom is -0.461 e. The quantitative estimate of drug-likeness (QED) is 0.613. The number of nitrogens with one attached hydrogen (secondary N) is 1. The van der Waals surface area contributed by atoms with Gasteiger partial charge in [-0.15, -0.1) is 0 Å². The van der Waals surface area contributed by atoms with E-state index < -0.39 is 0 Å². The van der Waals surface area contributed by atoms with E-state index in [1.165, 1.54) is 0 Å². The zero-order chi connectivity index (χ0) is 14.1. The average molecular weight is 326 g/mol. The van der Waals surface area contributed by atoms with Crippen molar-refractivity contribution in [2.75, 3.05) is 13.2 Å². The monoisotopic (exact) mass is 325 g/mol. The Kier molecular flexibility index (Phi) is 7.26. The highest BCUT2D eigenvalue weighted by Gasteiger charge is 2.10. The minimum atomic E-state index is -0.296.